The molecular formula is C7H3ClF3NO4S. The van der Waals surface area contributed by atoms with E-state index in [4.69, 9.17) is 10.7 Å². The molecule has 0 saturated heterocycles. The first-order chi connectivity index (χ1) is 7.64. The Hall–Kier alpha value is -1.35. The van der Waals surface area contributed by atoms with Gasteiger partial charge in [0.2, 0.25) is 0 Å². The van der Waals surface area contributed by atoms with E-state index in [1.54, 1.807) is 0 Å². The summed E-state index contributed by atoms with van der Waals surface area (Å²) in [5, 5.41) is 10.4. The number of benzene rings is 1. The van der Waals surface area contributed by atoms with Crippen LogP contribution in [-0.2, 0) is 9.05 Å². The smallest absolute Gasteiger partial charge is 0.258 e. The molecule has 0 heterocycles. The van der Waals surface area contributed by atoms with E-state index in [1.165, 1.54) is 0 Å². The van der Waals surface area contributed by atoms with Crippen molar-refractivity contribution >= 4 is 25.4 Å². The Morgan fingerprint density at radius 3 is 2.24 bits per heavy atom. The highest BCUT2D eigenvalue weighted by atomic mass is 35.7. The van der Waals surface area contributed by atoms with Crippen LogP contribution in [0.5, 0.6) is 0 Å². The van der Waals surface area contributed by atoms with Gasteiger partial charge in [0.25, 0.3) is 21.2 Å². The standard InChI is InChI=1S/C7H3ClF3NO4S/c8-17(15,16)3-1-4(9)6(7(10)11)5(2-3)12(13)14/h1-2,7H. The van der Waals surface area contributed by atoms with E-state index in [0.29, 0.717) is 0 Å². The van der Waals surface area contributed by atoms with Crippen LogP contribution in [0.2, 0.25) is 0 Å². The second-order valence-corrected chi connectivity index (χ2v) is 5.40. The molecule has 0 spiro atoms. The number of alkyl halides is 2. The van der Waals surface area contributed by atoms with Crippen molar-refractivity contribution in [2.45, 2.75) is 11.3 Å². The number of nitro groups is 1. The molecule has 0 amide bonds. The molecule has 10 heteroatoms. The highest BCUT2D eigenvalue weighted by molar-refractivity contribution is 8.13. The lowest BCUT2D eigenvalue weighted by Crippen LogP contribution is -2.03. The topological polar surface area (TPSA) is 77.3 Å². The fraction of sp³-hybridized carbons (Fsp3) is 0.143. The molecule has 0 aliphatic carbocycles. The molecule has 0 aromatic heterocycles. The average Bonchev–Trinajstić information content (AvgIpc) is 2.13. The summed E-state index contributed by atoms with van der Waals surface area (Å²) >= 11 is 0. The van der Waals surface area contributed by atoms with Gasteiger partial charge < -0.3 is 0 Å². The van der Waals surface area contributed by atoms with Crippen LogP contribution in [0.3, 0.4) is 0 Å². The lowest BCUT2D eigenvalue weighted by atomic mass is 10.2. The third kappa shape index (κ3) is 2.86. The van der Waals surface area contributed by atoms with Gasteiger partial charge in [-0.1, -0.05) is 0 Å². The summed E-state index contributed by atoms with van der Waals surface area (Å²) < 4.78 is 59.5. The van der Waals surface area contributed by atoms with Crippen molar-refractivity contribution in [2.24, 2.45) is 0 Å². The van der Waals surface area contributed by atoms with Gasteiger partial charge in [-0.25, -0.2) is 21.6 Å². The van der Waals surface area contributed by atoms with E-state index >= 15 is 0 Å². The molecule has 94 valence electrons. The molecule has 0 N–H and O–H groups in total. The van der Waals surface area contributed by atoms with E-state index in [-0.39, 0.29) is 12.1 Å². The predicted molar refractivity (Wildman–Crippen MR) is 51.1 cm³/mol. The van der Waals surface area contributed by atoms with Gasteiger partial charge in [0.15, 0.2) is 0 Å². The Morgan fingerprint density at radius 2 is 1.88 bits per heavy atom. The summed E-state index contributed by atoms with van der Waals surface area (Å²) in [5.41, 5.74) is -2.81. The molecule has 0 aliphatic rings. The number of halogens is 4. The third-order valence-corrected chi connectivity index (χ3v) is 3.11. The van der Waals surface area contributed by atoms with Crippen molar-refractivity contribution in [2.75, 3.05) is 0 Å². The van der Waals surface area contributed by atoms with Gasteiger partial charge in [0, 0.05) is 16.7 Å². The highest BCUT2D eigenvalue weighted by Gasteiger charge is 2.29. The van der Waals surface area contributed by atoms with Gasteiger partial charge >= 0.3 is 0 Å². The van der Waals surface area contributed by atoms with Crippen LogP contribution in [0.25, 0.3) is 0 Å². The first-order valence-electron chi connectivity index (χ1n) is 3.85. The number of hydrogen-bond donors (Lipinski definition) is 0. The van der Waals surface area contributed by atoms with Gasteiger partial charge in [-0.05, 0) is 6.07 Å². The van der Waals surface area contributed by atoms with E-state index in [0.717, 1.165) is 0 Å². The Morgan fingerprint density at radius 1 is 1.35 bits per heavy atom. The molecule has 0 bridgehead atoms. The van der Waals surface area contributed by atoms with Crippen LogP contribution < -0.4 is 0 Å². The van der Waals surface area contributed by atoms with Crippen LogP contribution >= 0.6 is 10.7 Å². The maximum absolute atomic E-state index is 13.1. The quantitative estimate of drug-likeness (QED) is 0.487. The number of hydrogen-bond acceptors (Lipinski definition) is 4. The molecule has 1 rings (SSSR count). The Balaban J connectivity index is 3.64. The number of nitro benzene ring substituents is 1. The van der Waals surface area contributed by atoms with Gasteiger partial charge in [-0.2, -0.15) is 0 Å². The lowest BCUT2D eigenvalue weighted by molar-refractivity contribution is -0.386. The monoisotopic (exact) mass is 289 g/mol. The van der Waals surface area contributed by atoms with Gasteiger partial charge in [0.1, 0.15) is 11.4 Å². The Labute approximate surface area is 97.4 Å². The van der Waals surface area contributed by atoms with Gasteiger partial charge in [-0.15, -0.1) is 0 Å². The van der Waals surface area contributed by atoms with Crippen LogP contribution in [0, 0.1) is 15.9 Å². The molecule has 0 aliphatic heterocycles. The van der Waals surface area contributed by atoms with Gasteiger partial charge in [-0.3, -0.25) is 10.1 Å². The molecule has 0 radical (unpaired) electrons. The third-order valence-electron chi connectivity index (χ3n) is 1.78. The van der Waals surface area contributed by atoms with Crippen LogP contribution in [0.4, 0.5) is 18.9 Å². The maximum Gasteiger partial charge on any atom is 0.282 e. The SMILES string of the molecule is O=[N+]([O-])c1cc(S(=O)(=O)Cl)cc(F)c1C(F)F. The average molecular weight is 290 g/mol. The second-order valence-electron chi connectivity index (χ2n) is 2.83. The highest BCUT2D eigenvalue weighted by Crippen LogP contribution is 2.34. The van der Waals surface area contributed by atoms with E-state index in [9.17, 15) is 31.7 Å². The zero-order valence-corrected chi connectivity index (χ0v) is 9.30. The fourth-order valence-electron chi connectivity index (χ4n) is 1.09. The normalized spacial score (nSPS) is 11.8. The molecule has 17 heavy (non-hydrogen) atoms. The second kappa shape index (κ2) is 4.49. The van der Waals surface area contributed by atoms with Crippen molar-refractivity contribution in [3.8, 4) is 0 Å². The molecule has 0 fully saturated rings. The zero-order valence-electron chi connectivity index (χ0n) is 7.73. The summed E-state index contributed by atoms with van der Waals surface area (Å²) in [4.78, 5) is 8.16. The van der Waals surface area contributed by atoms with Crippen LogP contribution in [0.15, 0.2) is 17.0 Å². The summed E-state index contributed by atoms with van der Waals surface area (Å²) in [6.07, 6.45) is -3.44. The van der Waals surface area contributed by atoms with Crippen molar-refractivity contribution in [1.29, 1.82) is 0 Å². The molecule has 1 aromatic carbocycles. The summed E-state index contributed by atoms with van der Waals surface area (Å²) in [6, 6.07) is 0.490. The predicted octanol–water partition coefficient (Wildman–Crippen LogP) is 2.60. The Kier molecular flexibility index (Phi) is 3.62. The number of nitrogens with zero attached hydrogens (tertiary/aromatic N) is 1. The molecule has 1 aromatic rings. The summed E-state index contributed by atoms with van der Waals surface area (Å²) in [6.45, 7) is 0. The maximum atomic E-state index is 13.1. The minimum atomic E-state index is -4.44. The minimum absolute atomic E-state index is 0.205. The molecule has 0 saturated carbocycles. The van der Waals surface area contributed by atoms with E-state index < -0.39 is 42.4 Å². The molecule has 0 atom stereocenters. The first kappa shape index (κ1) is 13.7. The van der Waals surface area contributed by atoms with Crippen molar-refractivity contribution in [3.63, 3.8) is 0 Å². The van der Waals surface area contributed by atoms with Crippen molar-refractivity contribution < 1.29 is 26.5 Å². The molecule has 5 nitrogen and oxygen atoms in total. The summed E-state index contributed by atoms with van der Waals surface area (Å²) in [5.74, 6) is -1.70. The van der Waals surface area contributed by atoms with Crippen LogP contribution in [-0.4, -0.2) is 13.3 Å². The zero-order chi connectivity index (χ0) is 13.4. The minimum Gasteiger partial charge on any atom is -0.258 e. The lowest BCUT2D eigenvalue weighted by Gasteiger charge is -2.05. The molecule has 0 unspecified atom stereocenters. The van der Waals surface area contributed by atoms with Crippen molar-refractivity contribution in [3.05, 3.63) is 33.6 Å². The van der Waals surface area contributed by atoms with E-state index in [2.05, 4.69) is 0 Å². The van der Waals surface area contributed by atoms with Crippen LogP contribution in [0.1, 0.15) is 12.0 Å². The molecular weight excluding hydrogens is 287 g/mol. The van der Waals surface area contributed by atoms with E-state index in [1.807, 2.05) is 0 Å². The fourth-order valence-corrected chi connectivity index (χ4v) is 1.85. The summed E-state index contributed by atoms with van der Waals surface area (Å²) in [7, 11) is 0.394. The first-order valence-corrected chi connectivity index (χ1v) is 6.16. The number of rotatable bonds is 3. The Bertz CT molecular complexity index is 575. The van der Waals surface area contributed by atoms with Gasteiger partial charge in [0.05, 0.1) is 9.82 Å². The largest absolute Gasteiger partial charge is 0.282 e. The van der Waals surface area contributed by atoms with Crippen molar-refractivity contribution in [1.82, 2.24) is 0 Å².